The van der Waals surface area contributed by atoms with Crippen LogP contribution in [0.2, 0.25) is 5.02 Å². The standard InChI is InChI=1S/C13H15BrClN3O2S/c1-21(19,20)5-4-11(16)13-17-7-12(18-13)9-3-2-8(14)6-10(9)15/h2-3,6-7,11H,4-5,16H2,1H3,(H,17,18). The van der Waals surface area contributed by atoms with Crippen LogP contribution in [0.3, 0.4) is 0 Å². The molecule has 0 bridgehead atoms. The first kappa shape index (κ1) is 16.5. The van der Waals surface area contributed by atoms with Crippen molar-refractivity contribution in [3.05, 3.63) is 39.7 Å². The number of nitrogens with zero attached hydrogens (tertiary/aromatic N) is 1. The van der Waals surface area contributed by atoms with Gasteiger partial charge in [0.2, 0.25) is 0 Å². The van der Waals surface area contributed by atoms with Crippen LogP contribution in [0, 0.1) is 0 Å². The fraction of sp³-hybridized carbons (Fsp3) is 0.308. The summed E-state index contributed by atoms with van der Waals surface area (Å²) in [4.78, 5) is 7.31. The number of nitrogens with one attached hydrogen (secondary N) is 1. The van der Waals surface area contributed by atoms with Crippen molar-refractivity contribution >= 4 is 37.4 Å². The molecule has 1 heterocycles. The van der Waals surface area contributed by atoms with Gasteiger partial charge in [-0.3, -0.25) is 0 Å². The monoisotopic (exact) mass is 391 g/mol. The molecule has 0 saturated carbocycles. The molecule has 0 aliphatic carbocycles. The summed E-state index contributed by atoms with van der Waals surface area (Å²) in [5.74, 6) is 0.580. The molecule has 114 valence electrons. The lowest BCUT2D eigenvalue weighted by atomic mass is 10.2. The van der Waals surface area contributed by atoms with Crippen LogP contribution in [0.1, 0.15) is 18.3 Å². The van der Waals surface area contributed by atoms with E-state index in [0.29, 0.717) is 17.3 Å². The molecule has 1 aromatic carbocycles. The predicted molar refractivity (Wildman–Crippen MR) is 88.0 cm³/mol. The van der Waals surface area contributed by atoms with Crippen molar-refractivity contribution in [2.75, 3.05) is 12.0 Å². The predicted octanol–water partition coefficient (Wildman–Crippen LogP) is 2.93. The molecule has 0 aliphatic rings. The molecule has 21 heavy (non-hydrogen) atoms. The highest BCUT2D eigenvalue weighted by molar-refractivity contribution is 9.10. The summed E-state index contributed by atoms with van der Waals surface area (Å²) in [6, 6.07) is 5.08. The molecule has 0 radical (unpaired) electrons. The third-order valence-electron chi connectivity index (χ3n) is 2.97. The fourth-order valence-corrected chi connectivity index (χ4v) is 3.30. The van der Waals surface area contributed by atoms with Gasteiger partial charge in [-0.15, -0.1) is 0 Å². The highest BCUT2D eigenvalue weighted by atomic mass is 79.9. The zero-order valence-electron chi connectivity index (χ0n) is 11.3. The van der Waals surface area contributed by atoms with E-state index in [1.165, 1.54) is 6.26 Å². The number of hydrogen-bond donors (Lipinski definition) is 2. The van der Waals surface area contributed by atoms with Crippen molar-refractivity contribution in [3.8, 4) is 11.3 Å². The van der Waals surface area contributed by atoms with Gasteiger partial charge in [0.1, 0.15) is 15.7 Å². The Hall–Kier alpha value is -0.890. The molecule has 3 N–H and O–H groups in total. The number of aromatic amines is 1. The maximum absolute atomic E-state index is 11.2. The Morgan fingerprint density at radius 2 is 2.19 bits per heavy atom. The zero-order valence-corrected chi connectivity index (χ0v) is 14.5. The van der Waals surface area contributed by atoms with E-state index in [1.807, 2.05) is 12.1 Å². The second-order valence-corrected chi connectivity index (χ2v) is 8.41. The molecular weight excluding hydrogens is 378 g/mol. The van der Waals surface area contributed by atoms with Crippen LogP contribution in [0.25, 0.3) is 11.3 Å². The van der Waals surface area contributed by atoms with Gasteiger partial charge in [-0.05, 0) is 18.6 Å². The van der Waals surface area contributed by atoms with E-state index in [-0.39, 0.29) is 5.75 Å². The second-order valence-electron chi connectivity index (χ2n) is 4.83. The molecule has 0 amide bonds. The number of aromatic nitrogens is 2. The fourth-order valence-electron chi connectivity index (χ4n) is 1.85. The highest BCUT2D eigenvalue weighted by Crippen LogP contribution is 2.29. The molecule has 2 rings (SSSR count). The summed E-state index contributed by atoms with van der Waals surface area (Å²) >= 11 is 9.53. The Kier molecular flexibility index (Phi) is 5.08. The molecule has 0 saturated heterocycles. The Morgan fingerprint density at radius 1 is 1.48 bits per heavy atom. The van der Waals surface area contributed by atoms with E-state index in [2.05, 4.69) is 25.9 Å². The van der Waals surface area contributed by atoms with Crippen LogP contribution in [-0.4, -0.2) is 30.4 Å². The summed E-state index contributed by atoms with van der Waals surface area (Å²) in [6.07, 6.45) is 3.15. The van der Waals surface area contributed by atoms with E-state index in [0.717, 1.165) is 15.7 Å². The quantitative estimate of drug-likeness (QED) is 0.818. The van der Waals surface area contributed by atoms with Gasteiger partial charge < -0.3 is 10.7 Å². The molecule has 1 atom stereocenters. The molecule has 0 spiro atoms. The van der Waals surface area contributed by atoms with Crippen molar-refractivity contribution < 1.29 is 8.42 Å². The summed E-state index contributed by atoms with van der Waals surface area (Å²) in [6.45, 7) is 0. The van der Waals surface area contributed by atoms with Crippen molar-refractivity contribution in [1.82, 2.24) is 9.97 Å². The lowest BCUT2D eigenvalue weighted by Gasteiger charge is -2.07. The number of hydrogen-bond acceptors (Lipinski definition) is 4. The minimum absolute atomic E-state index is 0.0310. The third kappa shape index (κ3) is 4.54. The van der Waals surface area contributed by atoms with Gasteiger partial charge in [0, 0.05) is 16.3 Å². The van der Waals surface area contributed by atoms with Crippen LogP contribution < -0.4 is 5.73 Å². The molecule has 8 heteroatoms. The normalized spacial score (nSPS) is 13.3. The van der Waals surface area contributed by atoms with Crippen molar-refractivity contribution in [2.24, 2.45) is 5.73 Å². The number of imidazole rings is 1. The van der Waals surface area contributed by atoms with Crippen LogP contribution >= 0.6 is 27.5 Å². The van der Waals surface area contributed by atoms with Gasteiger partial charge in [-0.1, -0.05) is 33.6 Å². The highest BCUT2D eigenvalue weighted by Gasteiger charge is 2.15. The average Bonchev–Trinajstić information content (AvgIpc) is 2.84. The van der Waals surface area contributed by atoms with Crippen LogP contribution in [0.4, 0.5) is 0 Å². The van der Waals surface area contributed by atoms with Crippen molar-refractivity contribution in [1.29, 1.82) is 0 Å². The maximum atomic E-state index is 11.2. The summed E-state index contributed by atoms with van der Waals surface area (Å²) < 4.78 is 23.2. The lowest BCUT2D eigenvalue weighted by molar-refractivity contribution is 0.588. The van der Waals surface area contributed by atoms with Crippen molar-refractivity contribution in [3.63, 3.8) is 0 Å². The Labute approximate surface area is 137 Å². The first-order valence-corrected chi connectivity index (χ1v) is 9.43. The lowest BCUT2D eigenvalue weighted by Crippen LogP contribution is -2.16. The molecule has 5 nitrogen and oxygen atoms in total. The van der Waals surface area contributed by atoms with E-state index in [1.54, 1.807) is 12.3 Å². The van der Waals surface area contributed by atoms with E-state index >= 15 is 0 Å². The van der Waals surface area contributed by atoms with E-state index in [9.17, 15) is 8.42 Å². The molecule has 0 aliphatic heterocycles. The Morgan fingerprint density at radius 3 is 2.81 bits per heavy atom. The maximum Gasteiger partial charge on any atom is 0.147 e. The van der Waals surface area contributed by atoms with Crippen LogP contribution in [0.5, 0.6) is 0 Å². The van der Waals surface area contributed by atoms with Crippen LogP contribution in [-0.2, 0) is 9.84 Å². The molecule has 2 aromatic rings. The Bertz CT molecular complexity index is 746. The molecule has 1 unspecified atom stereocenters. The number of sulfone groups is 1. The van der Waals surface area contributed by atoms with Crippen molar-refractivity contribution in [2.45, 2.75) is 12.5 Å². The van der Waals surface area contributed by atoms with Gasteiger partial charge in [0.15, 0.2) is 0 Å². The minimum atomic E-state index is -3.03. The number of H-pyrrole nitrogens is 1. The molecule has 0 fully saturated rings. The molecule has 1 aromatic heterocycles. The van der Waals surface area contributed by atoms with Gasteiger partial charge in [-0.25, -0.2) is 13.4 Å². The first-order valence-electron chi connectivity index (χ1n) is 6.20. The first-order chi connectivity index (χ1) is 9.76. The molecular formula is C13H15BrClN3O2S. The Balaban J connectivity index is 2.17. The number of benzene rings is 1. The summed E-state index contributed by atoms with van der Waals surface area (Å²) in [7, 11) is -3.03. The van der Waals surface area contributed by atoms with Gasteiger partial charge in [0.05, 0.1) is 28.7 Å². The largest absolute Gasteiger partial charge is 0.341 e. The number of halogens is 2. The topological polar surface area (TPSA) is 88.8 Å². The van der Waals surface area contributed by atoms with Gasteiger partial charge in [0.25, 0.3) is 0 Å². The second kappa shape index (κ2) is 6.48. The summed E-state index contributed by atoms with van der Waals surface area (Å²) in [5.41, 5.74) is 7.52. The SMILES string of the molecule is CS(=O)(=O)CCC(N)c1ncc(-c2ccc(Br)cc2Cl)[nH]1. The average molecular weight is 393 g/mol. The van der Waals surface area contributed by atoms with Crippen LogP contribution in [0.15, 0.2) is 28.9 Å². The van der Waals surface area contributed by atoms with Gasteiger partial charge >= 0.3 is 0 Å². The number of nitrogens with two attached hydrogens (primary N) is 1. The van der Waals surface area contributed by atoms with E-state index in [4.69, 9.17) is 17.3 Å². The van der Waals surface area contributed by atoms with E-state index < -0.39 is 15.9 Å². The number of rotatable bonds is 5. The minimum Gasteiger partial charge on any atom is -0.341 e. The summed E-state index contributed by atoms with van der Waals surface area (Å²) in [5, 5.41) is 0.587. The zero-order chi connectivity index (χ0) is 15.6. The smallest absolute Gasteiger partial charge is 0.147 e. The third-order valence-corrected chi connectivity index (χ3v) is 4.75. The van der Waals surface area contributed by atoms with Gasteiger partial charge in [-0.2, -0.15) is 0 Å².